The molecule has 0 fully saturated rings. The largest absolute Gasteiger partial charge is 0.481 e. The third kappa shape index (κ3) is 3.11. The van der Waals surface area contributed by atoms with Crippen LogP contribution >= 0.6 is 0 Å². The molecule has 0 aromatic heterocycles. The van der Waals surface area contributed by atoms with E-state index in [1.54, 1.807) is 31.2 Å². The highest BCUT2D eigenvalue weighted by molar-refractivity contribution is 6.24. The number of hydrogen-bond donors (Lipinski definition) is 1. The molecule has 1 aromatic carbocycles. The van der Waals surface area contributed by atoms with Crippen molar-refractivity contribution >= 4 is 17.5 Å². The Balaban J connectivity index is 0.000000317. The molecule has 0 saturated carbocycles. The van der Waals surface area contributed by atoms with Crippen LogP contribution in [0.25, 0.3) is 0 Å². The molecule has 4 nitrogen and oxygen atoms in total. The van der Waals surface area contributed by atoms with E-state index in [0.29, 0.717) is 16.7 Å². The Morgan fingerprint density at radius 2 is 1.59 bits per heavy atom. The number of allylic oxidation sites excluding steroid dienone is 2. The van der Waals surface area contributed by atoms with Crippen molar-refractivity contribution in [1.29, 1.82) is 0 Å². The van der Waals surface area contributed by atoms with Gasteiger partial charge in [-0.1, -0.05) is 24.3 Å². The summed E-state index contributed by atoms with van der Waals surface area (Å²) in [4.78, 5) is 32.0. The van der Waals surface area contributed by atoms with E-state index < -0.39 is 5.97 Å². The van der Waals surface area contributed by atoms with Gasteiger partial charge in [0.1, 0.15) is 0 Å². The van der Waals surface area contributed by atoms with E-state index >= 15 is 0 Å². The summed E-state index contributed by atoms with van der Waals surface area (Å²) in [6.07, 6.45) is 1.39. The van der Waals surface area contributed by atoms with Crippen LogP contribution in [0.2, 0.25) is 0 Å². The first kappa shape index (κ1) is 12.8. The highest BCUT2D eigenvalue weighted by atomic mass is 16.4. The molecule has 0 saturated heterocycles. The predicted octanol–water partition coefficient (Wildman–Crippen LogP) is 2.10. The molecule has 0 spiro atoms. The average molecular weight is 232 g/mol. The first-order chi connectivity index (χ1) is 7.93. The molecule has 1 aliphatic carbocycles. The Hall–Kier alpha value is -2.23. The van der Waals surface area contributed by atoms with E-state index in [-0.39, 0.29) is 11.6 Å². The van der Waals surface area contributed by atoms with E-state index in [2.05, 4.69) is 0 Å². The van der Waals surface area contributed by atoms with Gasteiger partial charge in [-0.05, 0) is 13.0 Å². The zero-order valence-electron chi connectivity index (χ0n) is 9.56. The maximum atomic E-state index is 11.5. The third-order valence-electron chi connectivity index (χ3n) is 2.14. The Kier molecular flexibility index (Phi) is 3.93. The van der Waals surface area contributed by atoms with Crippen LogP contribution < -0.4 is 0 Å². The van der Waals surface area contributed by atoms with Crippen LogP contribution in [0.3, 0.4) is 0 Å². The summed E-state index contributed by atoms with van der Waals surface area (Å²) >= 11 is 0. The van der Waals surface area contributed by atoms with Gasteiger partial charge in [-0.25, -0.2) is 0 Å². The maximum absolute atomic E-state index is 11.5. The van der Waals surface area contributed by atoms with Crippen molar-refractivity contribution in [2.24, 2.45) is 0 Å². The van der Waals surface area contributed by atoms with Gasteiger partial charge >= 0.3 is 0 Å². The van der Waals surface area contributed by atoms with E-state index in [1.807, 2.05) is 0 Å². The first-order valence-corrected chi connectivity index (χ1v) is 4.99. The number of rotatable bonds is 0. The van der Waals surface area contributed by atoms with Crippen LogP contribution in [0.1, 0.15) is 34.6 Å². The SMILES string of the molecule is CC(=O)O.CC1=CC(=O)c2ccccc2C1=O. The standard InChI is InChI=1S/C11H8O2.C2H4O2/c1-7-6-10(12)8-4-2-3-5-9(8)11(7)13;1-2(3)4/h2-6H,1H3;1H3,(H,3,4). The second kappa shape index (κ2) is 5.21. The van der Waals surface area contributed by atoms with Crippen LogP contribution in [-0.2, 0) is 4.79 Å². The molecule has 0 amide bonds. The maximum Gasteiger partial charge on any atom is 0.300 e. The van der Waals surface area contributed by atoms with Gasteiger partial charge in [-0.15, -0.1) is 0 Å². The van der Waals surface area contributed by atoms with Crippen molar-refractivity contribution in [1.82, 2.24) is 0 Å². The predicted molar refractivity (Wildman–Crippen MR) is 62.2 cm³/mol. The minimum atomic E-state index is -0.833. The summed E-state index contributed by atoms with van der Waals surface area (Å²) < 4.78 is 0. The molecule has 1 aromatic rings. The van der Waals surface area contributed by atoms with Gasteiger partial charge in [0, 0.05) is 23.6 Å². The summed E-state index contributed by atoms with van der Waals surface area (Å²) in [5.41, 5.74) is 1.55. The monoisotopic (exact) mass is 232 g/mol. The molecule has 0 radical (unpaired) electrons. The fraction of sp³-hybridized carbons (Fsp3) is 0.154. The van der Waals surface area contributed by atoms with E-state index in [0.717, 1.165) is 6.92 Å². The molecule has 0 atom stereocenters. The Morgan fingerprint density at radius 3 is 2.12 bits per heavy atom. The number of carboxylic acids is 1. The van der Waals surface area contributed by atoms with E-state index in [9.17, 15) is 9.59 Å². The second-order valence-electron chi connectivity index (χ2n) is 3.59. The first-order valence-electron chi connectivity index (χ1n) is 4.99. The minimum absolute atomic E-state index is 0.0461. The van der Waals surface area contributed by atoms with Crippen molar-refractivity contribution in [3.8, 4) is 0 Å². The summed E-state index contributed by atoms with van der Waals surface area (Å²) in [5, 5.41) is 7.42. The minimum Gasteiger partial charge on any atom is -0.481 e. The smallest absolute Gasteiger partial charge is 0.300 e. The van der Waals surface area contributed by atoms with Crippen LogP contribution in [0.4, 0.5) is 0 Å². The quantitative estimate of drug-likeness (QED) is 0.743. The van der Waals surface area contributed by atoms with Gasteiger partial charge in [0.2, 0.25) is 0 Å². The molecule has 0 bridgehead atoms. The summed E-state index contributed by atoms with van der Waals surface area (Å²) in [6, 6.07) is 6.89. The molecule has 0 heterocycles. The zero-order chi connectivity index (χ0) is 13.0. The van der Waals surface area contributed by atoms with Gasteiger partial charge in [-0.3, -0.25) is 14.4 Å². The number of ketones is 2. The zero-order valence-corrected chi connectivity index (χ0v) is 9.56. The Morgan fingerprint density at radius 1 is 1.12 bits per heavy atom. The Labute approximate surface area is 98.6 Å². The van der Waals surface area contributed by atoms with Gasteiger partial charge in [0.05, 0.1) is 0 Å². The van der Waals surface area contributed by atoms with Crippen LogP contribution in [0.15, 0.2) is 35.9 Å². The number of carbonyl (C=O) groups is 3. The number of carbonyl (C=O) groups excluding carboxylic acids is 2. The van der Waals surface area contributed by atoms with Crippen molar-refractivity contribution < 1.29 is 19.5 Å². The van der Waals surface area contributed by atoms with E-state index in [1.165, 1.54) is 6.08 Å². The van der Waals surface area contributed by atoms with Crippen molar-refractivity contribution in [3.63, 3.8) is 0 Å². The number of hydrogen-bond acceptors (Lipinski definition) is 3. The molecular formula is C13H12O4. The number of aliphatic carboxylic acids is 1. The van der Waals surface area contributed by atoms with E-state index in [4.69, 9.17) is 9.90 Å². The van der Waals surface area contributed by atoms with Crippen LogP contribution in [0, 0.1) is 0 Å². The Bertz CT molecular complexity index is 508. The number of fused-ring (bicyclic) bond motifs is 1. The fourth-order valence-electron chi connectivity index (χ4n) is 1.45. The summed E-state index contributed by atoms with van der Waals surface area (Å²) in [6.45, 7) is 2.75. The van der Waals surface area contributed by atoms with Crippen LogP contribution in [0.5, 0.6) is 0 Å². The van der Waals surface area contributed by atoms with Crippen molar-refractivity contribution in [2.75, 3.05) is 0 Å². The highest BCUT2D eigenvalue weighted by Gasteiger charge is 2.21. The summed E-state index contributed by atoms with van der Waals surface area (Å²) in [7, 11) is 0. The number of carboxylic acid groups (broad SMARTS) is 1. The molecule has 88 valence electrons. The molecule has 2 rings (SSSR count). The molecular weight excluding hydrogens is 220 g/mol. The average Bonchev–Trinajstić information content (AvgIpc) is 2.25. The molecule has 1 aliphatic rings. The number of benzene rings is 1. The summed E-state index contributed by atoms with van der Waals surface area (Å²) in [5.74, 6) is -0.956. The lowest BCUT2D eigenvalue weighted by atomic mass is 9.90. The van der Waals surface area contributed by atoms with Gasteiger partial charge in [-0.2, -0.15) is 0 Å². The second-order valence-corrected chi connectivity index (χ2v) is 3.59. The molecule has 17 heavy (non-hydrogen) atoms. The van der Waals surface area contributed by atoms with Gasteiger partial charge in [0.25, 0.3) is 5.97 Å². The number of Topliss-reactive ketones (excluding diaryl/α,β-unsaturated/α-hetero) is 1. The fourth-order valence-corrected chi connectivity index (χ4v) is 1.45. The topological polar surface area (TPSA) is 71.4 Å². The lowest BCUT2D eigenvalue weighted by Crippen LogP contribution is -2.14. The van der Waals surface area contributed by atoms with Gasteiger partial charge < -0.3 is 5.11 Å². The van der Waals surface area contributed by atoms with Crippen molar-refractivity contribution in [3.05, 3.63) is 47.0 Å². The van der Waals surface area contributed by atoms with Gasteiger partial charge in [0.15, 0.2) is 11.6 Å². The molecule has 0 unspecified atom stereocenters. The molecule has 4 heteroatoms. The van der Waals surface area contributed by atoms with Crippen molar-refractivity contribution in [2.45, 2.75) is 13.8 Å². The lowest BCUT2D eigenvalue weighted by molar-refractivity contribution is -0.134. The highest BCUT2D eigenvalue weighted by Crippen LogP contribution is 2.20. The normalized spacial score (nSPS) is 13.2. The lowest BCUT2D eigenvalue weighted by Gasteiger charge is -2.11. The third-order valence-corrected chi connectivity index (χ3v) is 2.14. The molecule has 1 N–H and O–H groups in total. The van der Waals surface area contributed by atoms with Crippen LogP contribution in [-0.4, -0.2) is 22.6 Å². The molecule has 0 aliphatic heterocycles.